The van der Waals surface area contributed by atoms with Gasteiger partial charge in [-0.2, -0.15) is 0 Å². The van der Waals surface area contributed by atoms with Crippen LogP contribution in [-0.2, 0) is 0 Å². The molecule has 2 nitrogen and oxygen atoms in total. The van der Waals surface area contributed by atoms with Crippen LogP contribution in [0.5, 0.6) is 0 Å². The van der Waals surface area contributed by atoms with Crippen LogP contribution in [0.1, 0.15) is 0 Å². The maximum absolute atomic E-state index is 3.20. The van der Waals surface area contributed by atoms with Crippen LogP contribution in [0.2, 0.25) is 0 Å². The maximum Gasteiger partial charge on any atom is 0.118 e. The highest BCUT2D eigenvalue weighted by Crippen LogP contribution is 2.26. The molecule has 0 aliphatic heterocycles. The molecule has 56 valence electrons. The van der Waals surface area contributed by atoms with Gasteiger partial charge in [0.2, 0.25) is 0 Å². The maximum atomic E-state index is 3.20. The Bertz CT molecular complexity index is 411. The third kappa shape index (κ3) is 0.621. The normalized spacial score (nSPS) is 10.9. The number of aromatic nitrogens is 2. The first-order chi connectivity index (χ1) is 4.95. The van der Waals surface area contributed by atoms with Crippen LogP contribution in [0, 0.1) is 0 Å². The molecule has 0 unspecified atom stereocenters. The van der Waals surface area contributed by atoms with Crippen molar-refractivity contribution in [2.75, 3.05) is 0 Å². The lowest BCUT2D eigenvalue weighted by Crippen LogP contribution is -1.79. The lowest BCUT2D eigenvalue weighted by molar-refractivity contribution is 1.28. The molecule has 0 aliphatic carbocycles. The molecule has 0 spiro atoms. The van der Waals surface area contributed by atoms with Gasteiger partial charge in [0.25, 0.3) is 0 Å². The van der Waals surface area contributed by atoms with Crippen molar-refractivity contribution < 1.29 is 0 Å². The van der Waals surface area contributed by atoms with Crippen molar-refractivity contribution in [1.29, 1.82) is 0 Å². The summed E-state index contributed by atoms with van der Waals surface area (Å²) in [5.74, 6) is 0. The third-order valence-electron chi connectivity index (χ3n) is 1.97. The Kier molecular flexibility index (Phi) is 1.14. The van der Waals surface area contributed by atoms with E-state index in [0.29, 0.717) is 0 Å². The molecule has 2 N–H and O–H groups in total. The van der Waals surface area contributed by atoms with E-state index >= 15 is 0 Å². The van der Waals surface area contributed by atoms with Gasteiger partial charge in [-0.15, -0.1) is 12.4 Å². The molecule has 4 rings (SSSR count). The van der Waals surface area contributed by atoms with Gasteiger partial charge in [-0.05, 0) is 0 Å². The van der Waals surface area contributed by atoms with Crippen molar-refractivity contribution in [3.05, 3.63) is 24.3 Å². The van der Waals surface area contributed by atoms with Gasteiger partial charge < -0.3 is 9.97 Å². The van der Waals surface area contributed by atoms with Gasteiger partial charge in [-0.1, -0.05) is 24.3 Å². The zero-order chi connectivity index (χ0) is 6.55. The van der Waals surface area contributed by atoms with E-state index in [1.807, 2.05) is 0 Å². The average molecular weight is 167 g/mol. The fourth-order valence-corrected chi connectivity index (χ4v) is 1.44. The number of hydrogen-bond acceptors (Lipinski definition) is 0. The minimum absolute atomic E-state index is 0. The molecule has 3 heterocycles. The molecule has 1 aromatic carbocycles. The van der Waals surface area contributed by atoms with Crippen molar-refractivity contribution in [2.24, 2.45) is 0 Å². The Morgan fingerprint density at radius 1 is 0.818 bits per heavy atom. The Labute approximate surface area is 69.3 Å². The number of aromatic amines is 2. The van der Waals surface area contributed by atoms with Crippen molar-refractivity contribution in [3.8, 4) is 0 Å². The molecule has 0 atom stereocenters. The lowest BCUT2D eigenvalue weighted by Gasteiger charge is -1.88. The fourth-order valence-electron chi connectivity index (χ4n) is 1.44. The first kappa shape index (κ1) is 6.55. The van der Waals surface area contributed by atoms with Gasteiger partial charge in [0.05, 0.1) is 0 Å². The number of hydrogen-bond donors (Lipinski definition) is 2. The zero-order valence-corrected chi connectivity index (χ0v) is 6.53. The van der Waals surface area contributed by atoms with Crippen molar-refractivity contribution in [1.82, 2.24) is 9.97 Å². The van der Waals surface area contributed by atoms with E-state index in [0.717, 1.165) is 11.3 Å². The van der Waals surface area contributed by atoms with Gasteiger partial charge in [0, 0.05) is 10.8 Å². The minimum Gasteiger partial charge on any atom is -0.327 e. The van der Waals surface area contributed by atoms with Gasteiger partial charge in [-0.3, -0.25) is 0 Å². The van der Waals surface area contributed by atoms with Crippen LogP contribution >= 0.6 is 12.4 Å². The number of rotatable bonds is 0. The Balaban J connectivity index is 0.000000480. The predicted octanol–water partition coefficient (Wildman–Crippen LogP) is 2.51. The summed E-state index contributed by atoms with van der Waals surface area (Å²) in [7, 11) is 0. The number of nitrogens with one attached hydrogen (secondary N) is 2. The molecule has 11 heavy (non-hydrogen) atoms. The second-order valence-corrected chi connectivity index (χ2v) is 2.55. The molecular formula is C8H7ClN2. The lowest BCUT2D eigenvalue weighted by atomic mass is 10.2. The van der Waals surface area contributed by atoms with Crippen LogP contribution in [-0.4, -0.2) is 9.97 Å². The molecule has 4 aromatic rings. The smallest absolute Gasteiger partial charge is 0.118 e. The van der Waals surface area contributed by atoms with Crippen molar-refractivity contribution in [3.63, 3.8) is 0 Å². The van der Waals surface area contributed by atoms with Crippen molar-refractivity contribution >= 4 is 34.5 Å². The zero-order valence-electron chi connectivity index (χ0n) is 5.72. The van der Waals surface area contributed by atoms with Crippen molar-refractivity contribution in [2.45, 2.75) is 0 Å². The average Bonchev–Trinajstić information content (AvgIpc) is 2.36. The van der Waals surface area contributed by atoms with Gasteiger partial charge >= 0.3 is 0 Å². The van der Waals surface area contributed by atoms with Crippen LogP contribution in [0.4, 0.5) is 0 Å². The van der Waals surface area contributed by atoms with Crippen LogP contribution < -0.4 is 0 Å². The molecule has 2 bridgehead atoms. The van der Waals surface area contributed by atoms with Crippen LogP contribution in [0.3, 0.4) is 0 Å². The Hall–Kier alpha value is -1.15. The highest BCUT2D eigenvalue weighted by atomic mass is 35.5. The summed E-state index contributed by atoms with van der Waals surface area (Å²) in [6, 6.07) is 8.34. The molecule has 0 fully saturated rings. The van der Waals surface area contributed by atoms with Gasteiger partial charge in [-0.25, -0.2) is 0 Å². The summed E-state index contributed by atoms with van der Waals surface area (Å²) in [6.07, 6.45) is 0. The van der Waals surface area contributed by atoms with Gasteiger partial charge in [0.15, 0.2) is 0 Å². The second-order valence-electron chi connectivity index (χ2n) is 2.55. The standard InChI is InChI=1S/C8H6N2.ClH/c1-2-4-6-5(3-1)7-9-8(6)10-7;/h1-4,9-10H;1H. The summed E-state index contributed by atoms with van der Waals surface area (Å²) < 4.78 is 0. The molecule has 0 saturated carbocycles. The number of benzene rings is 1. The van der Waals surface area contributed by atoms with Crippen LogP contribution in [0.15, 0.2) is 24.3 Å². The SMILES string of the molecule is Cl.c1ccc2c3[nH]c([nH]3)c2c1. The highest BCUT2D eigenvalue weighted by molar-refractivity contribution is 6.08. The minimum atomic E-state index is 0. The summed E-state index contributed by atoms with van der Waals surface area (Å²) in [5.41, 5.74) is 2.32. The van der Waals surface area contributed by atoms with Crippen LogP contribution in [0.25, 0.3) is 22.1 Å². The Morgan fingerprint density at radius 2 is 1.27 bits per heavy atom. The second kappa shape index (κ2) is 1.92. The van der Waals surface area contributed by atoms with E-state index in [9.17, 15) is 0 Å². The van der Waals surface area contributed by atoms with E-state index in [-0.39, 0.29) is 12.4 Å². The monoisotopic (exact) mass is 166 g/mol. The van der Waals surface area contributed by atoms with E-state index in [4.69, 9.17) is 0 Å². The largest absolute Gasteiger partial charge is 0.327 e. The molecule has 3 aromatic heterocycles. The number of halogens is 1. The molecule has 0 saturated heterocycles. The molecular weight excluding hydrogens is 160 g/mol. The van der Waals surface area contributed by atoms with E-state index < -0.39 is 0 Å². The predicted molar refractivity (Wildman–Crippen MR) is 48.6 cm³/mol. The van der Waals surface area contributed by atoms with Gasteiger partial charge in [0.1, 0.15) is 11.3 Å². The fraction of sp³-hybridized carbons (Fsp3) is 0. The van der Waals surface area contributed by atoms with E-state index in [1.54, 1.807) is 0 Å². The molecule has 0 amide bonds. The summed E-state index contributed by atoms with van der Waals surface area (Å²) in [5, 5.41) is 2.61. The third-order valence-corrected chi connectivity index (χ3v) is 1.97. The quantitative estimate of drug-likeness (QED) is 0.515. The molecule has 0 radical (unpaired) electrons. The first-order valence-corrected chi connectivity index (χ1v) is 3.33. The highest BCUT2D eigenvalue weighted by Gasteiger charge is 2.07. The van der Waals surface area contributed by atoms with E-state index in [2.05, 4.69) is 34.2 Å². The first-order valence-electron chi connectivity index (χ1n) is 3.33. The topological polar surface area (TPSA) is 31.6 Å². The Morgan fingerprint density at radius 3 is 1.73 bits per heavy atom. The summed E-state index contributed by atoms with van der Waals surface area (Å²) >= 11 is 0. The summed E-state index contributed by atoms with van der Waals surface area (Å²) in [6.45, 7) is 0. The summed E-state index contributed by atoms with van der Waals surface area (Å²) in [4.78, 5) is 6.41. The van der Waals surface area contributed by atoms with E-state index in [1.165, 1.54) is 10.8 Å². The molecule has 0 aliphatic rings. The number of H-pyrrole nitrogens is 2. The molecule has 3 heteroatoms.